The van der Waals surface area contributed by atoms with Crippen molar-refractivity contribution in [1.29, 1.82) is 0 Å². The van der Waals surface area contributed by atoms with Gasteiger partial charge in [0.25, 0.3) is 0 Å². The maximum Gasteiger partial charge on any atom is 2.00 e. The van der Waals surface area contributed by atoms with Crippen LogP contribution in [0.4, 0.5) is 0 Å². The third-order valence-corrected chi connectivity index (χ3v) is 14.9. The molecule has 0 atom stereocenters. The molecule has 0 fully saturated rings. The van der Waals surface area contributed by atoms with Crippen molar-refractivity contribution in [3.05, 3.63) is 224 Å². The summed E-state index contributed by atoms with van der Waals surface area (Å²) in [5.74, 6) is 0. The Labute approximate surface area is 401 Å². The van der Waals surface area contributed by atoms with Gasteiger partial charge < -0.3 is 25.5 Å². The van der Waals surface area contributed by atoms with Gasteiger partial charge in [0.1, 0.15) is 0 Å². The van der Waals surface area contributed by atoms with Gasteiger partial charge in [-0.1, -0.05) is 253 Å². The number of nitrogens with zero attached hydrogens (tertiary/aromatic N) is 5. The first kappa shape index (κ1) is 50.3. The Hall–Kier alpha value is -5.67. The van der Waals surface area contributed by atoms with Crippen molar-refractivity contribution in [2.75, 3.05) is 7.11 Å². The zero-order valence-electron chi connectivity index (χ0n) is 38.1. The van der Waals surface area contributed by atoms with Gasteiger partial charge in [-0.25, -0.2) is 0 Å². The SMILES string of the molecule is CC(C)(C)c1cc(-c2cccc(-c3cc(C(C)(C)C)n[n-]3)n2)[n-]n1.CO.[Ru+2].c1ccc(P(c2ccccc2)c2ccccc2)cc1.c1ccc(P(c2ccccc2)c2ccccc2)cc1. The topological polar surface area (TPSA) is 87.1 Å². The molecule has 0 aliphatic heterocycles. The number of pyridine rings is 1. The fourth-order valence-electron chi connectivity index (χ4n) is 6.65. The van der Waals surface area contributed by atoms with Crippen LogP contribution in [0.2, 0.25) is 0 Å². The number of benzene rings is 6. The summed E-state index contributed by atoms with van der Waals surface area (Å²) in [5, 5.41) is 32.5. The predicted molar refractivity (Wildman–Crippen MR) is 273 cm³/mol. The van der Waals surface area contributed by atoms with Gasteiger partial charge in [0.2, 0.25) is 0 Å². The Morgan fingerprint density at radius 3 is 0.785 bits per heavy atom. The number of rotatable bonds is 8. The monoisotopic (exact) mass is 979 g/mol. The first-order chi connectivity index (χ1) is 31.0. The molecule has 0 amide bonds. The standard InChI is InChI=1S/C19H23N5.2C18H15P.CH4O.Ru/c1-18(2,3)16-10-14(21-23-16)12-8-7-9-13(20-12)15-11-17(24-22-15)19(4,5)6;2*1-4-10-16(11-5-1)19(17-12-6-2-7-13-17)18-14-8-3-9-15-18;1-2;/h7-11H,1-6H3;2*1-15H;2H,1H3;/q-2;;;;+2. The van der Waals surface area contributed by atoms with Crippen LogP contribution in [0, 0.1) is 0 Å². The molecule has 0 saturated carbocycles. The average Bonchev–Trinajstić information content (AvgIpc) is 4.06. The first-order valence-corrected chi connectivity index (χ1v) is 24.1. The molecule has 9 heteroatoms. The van der Waals surface area contributed by atoms with Crippen LogP contribution in [-0.2, 0) is 30.3 Å². The van der Waals surface area contributed by atoms with Crippen molar-refractivity contribution >= 4 is 47.7 Å². The van der Waals surface area contributed by atoms with Crippen LogP contribution in [0.5, 0.6) is 0 Å². The maximum absolute atomic E-state index is 7.00. The maximum atomic E-state index is 7.00. The molecule has 3 heterocycles. The van der Waals surface area contributed by atoms with E-state index >= 15 is 0 Å². The summed E-state index contributed by atoms with van der Waals surface area (Å²) in [6.07, 6.45) is 0. The summed E-state index contributed by atoms with van der Waals surface area (Å²) < 4.78 is 0. The Kier molecular flexibility index (Phi) is 19.0. The van der Waals surface area contributed by atoms with Gasteiger partial charge in [0.15, 0.2) is 0 Å². The molecular formula is C56H57N5OP2Ru. The molecule has 0 aliphatic rings. The largest absolute Gasteiger partial charge is 2.00 e. The zero-order chi connectivity index (χ0) is 45.4. The van der Waals surface area contributed by atoms with Crippen molar-refractivity contribution in [1.82, 2.24) is 25.4 Å². The Morgan fingerprint density at radius 1 is 0.354 bits per heavy atom. The molecule has 1 N–H and O–H groups in total. The summed E-state index contributed by atoms with van der Waals surface area (Å²) in [6.45, 7) is 12.7. The van der Waals surface area contributed by atoms with Crippen LogP contribution in [0.15, 0.2) is 212 Å². The minimum atomic E-state index is -0.446. The molecule has 330 valence electrons. The molecular weight excluding hydrogens is 922 g/mol. The van der Waals surface area contributed by atoms with Gasteiger partial charge in [0, 0.05) is 29.3 Å². The molecule has 3 aromatic heterocycles. The molecule has 9 rings (SSSR count). The van der Waals surface area contributed by atoms with Gasteiger partial charge in [0.05, 0.1) is 11.4 Å². The van der Waals surface area contributed by atoms with Crippen LogP contribution >= 0.6 is 15.8 Å². The van der Waals surface area contributed by atoms with E-state index in [1.54, 1.807) is 0 Å². The van der Waals surface area contributed by atoms with E-state index in [0.29, 0.717) is 0 Å². The fraction of sp³-hybridized carbons (Fsp3) is 0.161. The summed E-state index contributed by atoms with van der Waals surface area (Å²) in [7, 11) is 0.108. The van der Waals surface area contributed by atoms with Crippen molar-refractivity contribution in [2.24, 2.45) is 0 Å². The molecule has 6 nitrogen and oxygen atoms in total. The number of aliphatic hydroxyl groups is 1. The van der Waals surface area contributed by atoms with E-state index in [1.807, 2.05) is 30.3 Å². The van der Waals surface area contributed by atoms with E-state index in [1.165, 1.54) is 31.8 Å². The molecule has 0 bridgehead atoms. The normalized spacial score (nSPS) is 10.9. The van der Waals surface area contributed by atoms with Crippen molar-refractivity contribution in [2.45, 2.75) is 52.4 Å². The Bertz CT molecular complexity index is 2330. The molecule has 9 aromatic rings. The van der Waals surface area contributed by atoms with Crippen LogP contribution in [0.3, 0.4) is 0 Å². The average molecular weight is 979 g/mol. The van der Waals surface area contributed by atoms with Gasteiger partial charge in [-0.15, -0.1) is 0 Å². The van der Waals surface area contributed by atoms with Gasteiger partial charge in [-0.2, -0.15) is 0 Å². The van der Waals surface area contributed by atoms with E-state index in [0.717, 1.165) is 41.3 Å². The van der Waals surface area contributed by atoms with Crippen LogP contribution in [-0.4, -0.2) is 27.4 Å². The Balaban J connectivity index is 0.000000180. The second-order valence-corrected chi connectivity index (χ2v) is 21.3. The van der Waals surface area contributed by atoms with Crippen molar-refractivity contribution in [3.63, 3.8) is 0 Å². The number of aliphatic hydroxyl groups excluding tert-OH is 1. The zero-order valence-corrected chi connectivity index (χ0v) is 41.7. The number of hydrogen-bond acceptors (Lipinski definition) is 4. The third-order valence-electron chi connectivity index (χ3n) is 9.97. The summed E-state index contributed by atoms with van der Waals surface area (Å²) in [4.78, 5) is 4.70. The van der Waals surface area contributed by atoms with Crippen molar-refractivity contribution in [3.8, 4) is 22.8 Å². The molecule has 0 radical (unpaired) electrons. The van der Waals surface area contributed by atoms with Crippen molar-refractivity contribution < 1.29 is 24.6 Å². The Morgan fingerprint density at radius 2 is 0.585 bits per heavy atom. The second-order valence-electron chi connectivity index (χ2n) is 16.8. The fourth-order valence-corrected chi connectivity index (χ4v) is 11.3. The second kappa shape index (κ2) is 24.6. The van der Waals surface area contributed by atoms with Gasteiger partial charge in [-0.3, -0.25) is 4.98 Å². The quantitative estimate of drug-likeness (QED) is 0.121. The summed E-state index contributed by atoms with van der Waals surface area (Å²) in [6, 6.07) is 74.5. The van der Waals surface area contributed by atoms with E-state index in [9.17, 15) is 0 Å². The van der Waals surface area contributed by atoms with E-state index in [-0.39, 0.29) is 30.3 Å². The molecule has 65 heavy (non-hydrogen) atoms. The molecule has 0 spiro atoms. The molecule has 0 aliphatic carbocycles. The summed E-state index contributed by atoms with van der Waals surface area (Å²) in [5.41, 5.74) is 5.06. The number of hydrogen-bond donors (Lipinski definition) is 1. The molecule has 0 unspecified atom stereocenters. The van der Waals surface area contributed by atoms with Crippen LogP contribution in [0.25, 0.3) is 22.8 Å². The van der Waals surface area contributed by atoms with E-state index in [4.69, 9.17) is 10.1 Å². The van der Waals surface area contributed by atoms with Crippen LogP contribution in [0.1, 0.15) is 52.9 Å². The smallest absolute Gasteiger partial charge is 0.573 e. The molecule has 0 saturated heterocycles. The van der Waals surface area contributed by atoms with Crippen LogP contribution < -0.4 is 42.0 Å². The number of aromatic nitrogens is 5. The minimum Gasteiger partial charge on any atom is -0.573 e. The first-order valence-electron chi connectivity index (χ1n) is 21.4. The van der Waals surface area contributed by atoms with E-state index in [2.05, 4.69) is 244 Å². The van der Waals surface area contributed by atoms with Gasteiger partial charge >= 0.3 is 19.5 Å². The van der Waals surface area contributed by atoms with E-state index < -0.39 is 15.8 Å². The summed E-state index contributed by atoms with van der Waals surface area (Å²) >= 11 is 0. The molecule has 6 aromatic carbocycles. The minimum absolute atomic E-state index is 0. The predicted octanol–water partition coefficient (Wildman–Crippen LogP) is 10.2. The third kappa shape index (κ3) is 14.2. The van der Waals surface area contributed by atoms with Gasteiger partial charge in [-0.05, 0) is 59.8 Å².